The highest BCUT2D eigenvalue weighted by Gasteiger charge is 2.14. The van der Waals surface area contributed by atoms with Gasteiger partial charge in [0, 0.05) is 24.6 Å². The molecule has 0 bridgehead atoms. The summed E-state index contributed by atoms with van der Waals surface area (Å²) in [6.07, 6.45) is 1.19. The van der Waals surface area contributed by atoms with Crippen LogP contribution in [-0.4, -0.2) is 20.1 Å². The van der Waals surface area contributed by atoms with Crippen LogP contribution >= 0.6 is 15.9 Å². The largest absolute Gasteiger partial charge is 0.383 e. The van der Waals surface area contributed by atoms with Gasteiger partial charge in [-0.2, -0.15) is 0 Å². The molecule has 0 aliphatic carbocycles. The summed E-state index contributed by atoms with van der Waals surface area (Å²) >= 11 is 3.63. The molecule has 0 radical (unpaired) electrons. The predicted molar refractivity (Wildman–Crippen MR) is 65.3 cm³/mol. The maximum absolute atomic E-state index is 3.63. The molecule has 0 saturated carbocycles. The van der Waals surface area contributed by atoms with Crippen LogP contribution in [0.5, 0.6) is 0 Å². The van der Waals surface area contributed by atoms with Gasteiger partial charge in [-0.15, -0.1) is 0 Å². The first-order valence-electron chi connectivity index (χ1n) is 4.93. The van der Waals surface area contributed by atoms with Crippen LogP contribution in [0.25, 0.3) is 0 Å². The zero-order valence-corrected chi connectivity index (χ0v) is 10.2. The molecule has 1 N–H and O–H groups in total. The summed E-state index contributed by atoms with van der Waals surface area (Å²) in [6.45, 7) is 4.30. The molecule has 0 saturated heterocycles. The third kappa shape index (κ3) is 1.73. The summed E-state index contributed by atoms with van der Waals surface area (Å²) in [5.41, 5.74) is 3.82. The van der Waals surface area contributed by atoms with Crippen molar-refractivity contribution in [2.75, 3.05) is 30.4 Å². The van der Waals surface area contributed by atoms with Gasteiger partial charge in [-0.3, -0.25) is 0 Å². The lowest BCUT2D eigenvalue weighted by Gasteiger charge is -2.20. The van der Waals surface area contributed by atoms with Gasteiger partial charge in [-0.05, 0) is 47.0 Å². The van der Waals surface area contributed by atoms with E-state index in [-0.39, 0.29) is 0 Å². The number of aryl methyl sites for hydroxylation is 1. The molecule has 0 amide bonds. The van der Waals surface area contributed by atoms with E-state index in [1.165, 1.54) is 27.8 Å². The van der Waals surface area contributed by atoms with Gasteiger partial charge in [-0.1, -0.05) is 0 Å². The molecule has 0 spiro atoms. The molecule has 3 heteroatoms. The number of nitrogens with zero attached hydrogens (tertiary/aromatic N) is 1. The van der Waals surface area contributed by atoms with Crippen molar-refractivity contribution in [2.24, 2.45) is 0 Å². The Labute approximate surface area is 93.4 Å². The fourth-order valence-electron chi connectivity index (χ4n) is 1.91. The highest BCUT2D eigenvalue weighted by Crippen LogP contribution is 2.36. The lowest BCUT2D eigenvalue weighted by Crippen LogP contribution is -2.17. The molecular weight excluding hydrogens is 240 g/mol. The fraction of sp³-hybridized carbons (Fsp3) is 0.455. The Morgan fingerprint density at radius 2 is 2.21 bits per heavy atom. The molecule has 14 heavy (non-hydrogen) atoms. The number of anilines is 2. The minimum Gasteiger partial charge on any atom is -0.383 e. The van der Waals surface area contributed by atoms with Gasteiger partial charge in [0.15, 0.2) is 0 Å². The van der Waals surface area contributed by atoms with Crippen molar-refractivity contribution in [3.8, 4) is 0 Å². The van der Waals surface area contributed by atoms with E-state index in [2.05, 4.69) is 52.3 Å². The summed E-state index contributed by atoms with van der Waals surface area (Å²) in [5, 5.41) is 3.47. The molecule has 76 valence electrons. The standard InChI is InChI=1S/C11H15BrN2/c1-8-6-9(12)11-10(7-8)13-4-3-5-14(11)2/h6-7,13H,3-5H2,1-2H3. The van der Waals surface area contributed by atoms with Crippen molar-refractivity contribution in [3.05, 3.63) is 22.2 Å². The number of fused-ring (bicyclic) bond motifs is 1. The molecule has 1 aromatic carbocycles. The van der Waals surface area contributed by atoms with E-state index in [4.69, 9.17) is 0 Å². The first-order chi connectivity index (χ1) is 6.68. The third-order valence-corrected chi connectivity index (χ3v) is 3.18. The van der Waals surface area contributed by atoms with Gasteiger partial charge in [0.2, 0.25) is 0 Å². The van der Waals surface area contributed by atoms with Gasteiger partial charge >= 0.3 is 0 Å². The Morgan fingerprint density at radius 1 is 1.43 bits per heavy atom. The molecular formula is C11H15BrN2. The number of hydrogen-bond donors (Lipinski definition) is 1. The van der Waals surface area contributed by atoms with E-state index in [0.29, 0.717) is 0 Å². The van der Waals surface area contributed by atoms with Gasteiger partial charge < -0.3 is 10.2 Å². The van der Waals surface area contributed by atoms with E-state index < -0.39 is 0 Å². The normalized spacial score (nSPS) is 15.8. The quantitative estimate of drug-likeness (QED) is 0.766. The monoisotopic (exact) mass is 254 g/mol. The topological polar surface area (TPSA) is 15.3 Å². The second-order valence-electron chi connectivity index (χ2n) is 3.84. The van der Waals surface area contributed by atoms with Crippen LogP contribution in [0.2, 0.25) is 0 Å². The average Bonchev–Trinajstić information content (AvgIpc) is 2.27. The predicted octanol–water partition coefficient (Wildman–Crippen LogP) is 3.01. The minimum atomic E-state index is 1.06. The van der Waals surface area contributed by atoms with Gasteiger partial charge in [0.05, 0.1) is 11.4 Å². The maximum atomic E-state index is 3.63. The molecule has 1 heterocycles. The molecule has 1 aliphatic rings. The van der Waals surface area contributed by atoms with Crippen LogP contribution in [0.15, 0.2) is 16.6 Å². The van der Waals surface area contributed by atoms with Crippen LogP contribution in [0.4, 0.5) is 11.4 Å². The Balaban J connectivity index is 2.53. The lowest BCUT2D eigenvalue weighted by molar-refractivity contribution is 0.836. The smallest absolute Gasteiger partial charge is 0.0743 e. The fourth-order valence-corrected chi connectivity index (χ4v) is 2.79. The highest BCUT2D eigenvalue weighted by atomic mass is 79.9. The van der Waals surface area contributed by atoms with Gasteiger partial charge in [-0.25, -0.2) is 0 Å². The maximum Gasteiger partial charge on any atom is 0.0743 e. The summed E-state index contributed by atoms with van der Waals surface area (Å²) < 4.78 is 1.18. The molecule has 1 aliphatic heterocycles. The second-order valence-corrected chi connectivity index (χ2v) is 4.70. The van der Waals surface area contributed by atoms with E-state index in [0.717, 1.165) is 13.1 Å². The van der Waals surface area contributed by atoms with Gasteiger partial charge in [0.25, 0.3) is 0 Å². The van der Waals surface area contributed by atoms with Crippen molar-refractivity contribution in [1.29, 1.82) is 0 Å². The van der Waals surface area contributed by atoms with Crippen LogP contribution < -0.4 is 10.2 Å². The van der Waals surface area contributed by atoms with Crippen molar-refractivity contribution < 1.29 is 0 Å². The summed E-state index contributed by atoms with van der Waals surface area (Å²) in [6, 6.07) is 4.38. The van der Waals surface area contributed by atoms with Crippen LogP contribution in [0, 0.1) is 6.92 Å². The number of halogens is 1. The highest BCUT2D eigenvalue weighted by molar-refractivity contribution is 9.10. The van der Waals surface area contributed by atoms with Crippen LogP contribution in [-0.2, 0) is 0 Å². The first kappa shape index (κ1) is 9.84. The first-order valence-corrected chi connectivity index (χ1v) is 5.73. The Bertz CT molecular complexity index is 349. The molecule has 0 atom stereocenters. The number of hydrogen-bond acceptors (Lipinski definition) is 2. The van der Waals surface area contributed by atoms with Crippen molar-refractivity contribution in [3.63, 3.8) is 0 Å². The third-order valence-electron chi connectivity index (χ3n) is 2.58. The molecule has 1 aromatic rings. The molecule has 0 fully saturated rings. The second kappa shape index (κ2) is 3.81. The summed E-state index contributed by atoms with van der Waals surface area (Å²) in [5.74, 6) is 0. The van der Waals surface area contributed by atoms with Crippen molar-refractivity contribution in [2.45, 2.75) is 13.3 Å². The van der Waals surface area contributed by atoms with E-state index in [1.54, 1.807) is 0 Å². The average molecular weight is 255 g/mol. The Kier molecular flexibility index (Phi) is 2.68. The number of nitrogens with one attached hydrogen (secondary N) is 1. The molecule has 0 aromatic heterocycles. The van der Waals surface area contributed by atoms with Crippen molar-refractivity contribution in [1.82, 2.24) is 0 Å². The zero-order valence-electron chi connectivity index (χ0n) is 8.60. The molecule has 0 unspecified atom stereocenters. The Morgan fingerprint density at radius 3 is 3.00 bits per heavy atom. The lowest BCUT2D eigenvalue weighted by atomic mass is 10.2. The van der Waals surface area contributed by atoms with Crippen LogP contribution in [0.3, 0.4) is 0 Å². The molecule has 2 rings (SSSR count). The zero-order chi connectivity index (χ0) is 10.1. The van der Waals surface area contributed by atoms with E-state index >= 15 is 0 Å². The van der Waals surface area contributed by atoms with Crippen molar-refractivity contribution >= 4 is 27.3 Å². The Hall–Kier alpha value is -0.700. The van der Waals surface area contributed by atoms with Crippen LogP contribution in [0.1, 0.15) is 12.0 Å². The number of rotatable bonds is 0. The minimum absolute atomic E-state index is 1.06. The summed E-state index contributed by atoms with van der Waals surface area (Å²) in [4.78, 5) is 2.30. The van der Waals surface area contributed by atoms with Gasteiger partial charge in [0.1, 0.15) is 0 Å². The SMILES string of the molecule is Cc1cc(Br)c2c(c1)NCCCN2C. The molecule has 2 nitrogen and oxygen atoms in total. The van der Waals surface area contributed by atoms with E-state index in [1.807, 2.05) is 0 Å². The van der Waals surface area contributed by atoms with E-state index in [9.17, 15) is 0 Å². The number of benzene rings is 1. The summed E-state index contributed by atoms with van der Waals surface area (Å²) in [7, 11) is 2.14.